The lowest BCUT2D eigenvalue weighted by atomic mass is 10.3. The molecule has 1 amide bonds. The van der Waals surface area contributed by atoms with Gasteiger partial charge in [0.1, 0.15) is 4.88 Å². The number of hydrogen-bond donors (Lipinski definition) is 1. The quantitative estimate of drug-likeness (QED) is 0.813. The van der Waals surface area contributed by atoms with E-state index < -0.39 is 0 Å². The van der Waals surface area contributed by atoms with E-state index in [2.05, 4.69) is 10.3 Å². The lowest BCUT2D eigenvalue weighted by molar-refractivity contribution is 0.0793. The van der Waals surface area contributed by atoms with Gasteiger partial charge in [-0.3, -0.25) is 4.79 Å². The third-order valence-electron chi connectivity index (χ3n) is 2.82. The number of aryl methyl sites for hydroxylation is 1. The molecule has 0 aromatic carbocycles. The van der Waals surface area contributed by atoms with Crippen molar-refractivity contribution in [2.75, 3.05) is 20.1 Å². The van der Waals surface area contributed by atoms with E-state index >= 15 is 0 Å². The smallest absolute Gasteiger partial charge is 0.265 e. The Morgan fingerprint density at radius 2 is 2.53 bits per heavy atom. The zero-order valence-electron chi connectivity index (χ0n) is 8.99. The molecule has 1 N–H and O–H groups in total. The Labute approximate surface area is 93.3 Å². The number of hydrogen-bond acceptors (Lipinski definition) is 4. The van der Waals surface area contributed by atoms with Crippen molar-refractivity contribution in [3.63, 3.8) is 0 Å². The Morgan fingerprint density at radius 1 is 1.73 bits per heavy atom. The number of aromatic nitrogens is 1. The largest absolute Gasteiger partial charge is 0.336 e. The molecule has 82 valence electrons. The summed E-state index contributed by atoms with van der Waals surface area (Å²) in [5, 5.41) is 3.20. The van der Waals surface area contributed by atoms with Crippen molar-refractivity contribution in [3.8, 4) is 0 Å². The molecule has 1 aliphatic heterocycles. The maximum atomic E-state index is 12.1. The number of thiazole rings is 1. The number of nitrogens with one attached hydrogen (secondary N) is 1. The summed E-state index contributed by atoms with van der Waals surface area (Å²) in [5.41, 5.74) is 2.58. The molecular weight excluding hydrogens is 210 g/mol. The number of nitrogens with zero attached hydrogens (tertiary/aromatic N) is 2. The van der Waals surface area contributed by atoms with Crippen molar-refractivity contribution in [1.82, 2.24) is 15.2 Å². The summed E-state index contributed by atoms with van der Waals surface area (Å²) in [6, 6.07) is 0.446. The van der Waals surface area contributed by atoms with Crippen molar-refractivity contribution in [3.05, 3.63) is 16.1 Å². The highest BCUT2D eigenvalue weighted by Crippen LogP contribution is 2.18. The number of amides is 1. The summed E-state index contributed by atoms with van der Waals surface area (Å²) < 4.78 is 0. The van der Waals surface area contributed by atoms with Gasteiger partial charge in [0.05, 0.1) is 11.2 Å². The van der Waals surface area contributed by atoms with Gasteiger partial charge in [0.25, 0.3) is 5.91 Å². The summed E-state index contributed by atoms with van der Waals surface area (Å²) in [6.07, 6.45) is 1.04. The standard InChI is InChI=1S/C10H15N3OS/c1-7-9(15-6-12-7)10(14)13-4-3-8(5-13)11-2/h6,8,11H,3-5H2,1-2H3. The molecule has 5 heteroatoms. The van der Waals surface area contributed by atoms with Crippen LogP contribution in [-0.4, -0.2) is 42.0 Å². The summed E-state index contributed by atoms with van der Waals surface area (Å²) in [6.45, 7) is 3.55. The predicted octanol–water partition coefficient (Wildman–Crippen LogP) is 0.885. The van der Waals surface area contributed by atoms with E-state index in [1.54, 1.807) is 5.51 Å². The Balaban J connectivity index is 2.07. The number of likely N-dealkylation sites (tertiary alicyclic amines) is 1. The van der Waals surface area contributed by atoms with E-state index in [4.69, 9.17) is 0 Å². The van der Waals surface area contributed by atoms with Crippen LogP contribution in [0.25, 0.3) is 0 Å². The number of carbonyl (C=O) groups is 1. The van der Waals surface area contributed by atoms with Gasteiger partial charge in [-0.1, -0.05) is 0 Å². The van der Waals surface area contributed by atoms with Gasteiger partial charge in [-0.2, -0.15) is 0 Å². The van der Waals surface area contributed by atoms with Crippen LogP contribution >= 0.6 is 11.3 Å². The minimum absolute atomic E-state index is 0.132. The van der Waals surface area contributed by atoms with Gasteiger partial charge in [0, 0.05) is 19.1 Å². The maximum Gasteiger partial charge on any atom is 0.265 e. The molecule has 1 aromatic heterocycles. The van der Waals surface area contributed by atoms with Crippen molar-refractivity contribution in [2.45, 2.75) is 19.4 Å². The van der Waals surface area contributed by atoms with Crippen LogP contribution in [0.3, 0.4) is 0 Å². The molecule has 1 unspecified atom stereocenters. The minimum atomic E-state index is 0.132. The fourth-order valence-electron chi connectivity index (χ4n) is 1.83. The molecule has 0 saturated carbocycles. The van der Waals surface area contributed by atoms with Gasteiger partial charge < -0.3 is 10.2 Å². The number of carbonyl (C=O) groups excluding carboxylic acids is 1. The minimum Gasteiger partial charge on any atom is -0.336 e. The van der Waals surface area contributed by atoms with Gasteiger partial charge in [0.15, 0.2) is 0 Å². The van der Waals surface area contributed by atoms with E-state index in [-0.39, 0.29) is 5.91 Å². The molecule has 2 rings (SSSR count). The lowest BCUT2D eigenvalue weighted by Gasteiger charge is -2.15. The zero-order valence-corrected chi connectivity index (χ0v) is 9.80. The second kappa shape index (κ2) is 4.28. The number of rotatable bonds is 2. The van der Waals surface area contributed by atoms with Crippen LogP contribution in [0.15, 0.2) is 5.51 Å². The Bertz CT molecular complexity index is 363. The SMILES string of the molecule is CNC1CCN(C(=O)c2scnc2C)C1. The van der Waals surface area contributed by atoms with Crippen LogP contribution in [-0.2, 0) is 0 Å². The molecule has 0 radical (unpaired) electrons. The third kappa shape index (κ3) is 2.03. The van der Waals surface area contributed by atoms with E-state index in [1.165, 1.54) is 11.3 Å². The molecule has 1 fully saturated rings. The molecule has 15 heavy (non-hydrogen) atoms. The van der Waals surface area contributed by atoms with Crippen LogP contribution in [0.1, 0.15) is 21.8 Å². The predicted molar refractivity (Wildman–Crippen MR) is 60.2 cm³/mol. The van der Waals surface area contributed by atoms with E-state index in [9.17, 15) is 4.79 Å². The fourth-order valence-corrected chi connectivity index (χ4v) is 2.60. The first-order valence-corrected chi connectivity index (χ1v) is 5.97. The third-order valence-corrected chi connectivity index (χ3v) is 3.74. The van der Waals surface area contributed by atoms with Crippen LogP contribution in [0, 0.1) is 6.92 Å². The van der Waals surface area contributed by atoms with Crippen LogP contribution in [0.5, 0.6) is 0 Å². The molecule has 1 atom stereocenters. The average Bonchev–Trinajstić information content (AvgIpc) is 2.84. The molecule has 2 heterocycles. The normalized spacial score (nSPS) is 20.9. The first-order chi connectivity index (χ1) is 7.22. The maximum absolute atomic E-state index is 12.1. The second-order valence-corrected chi connectivity index (χ2v) is 4.65. The molecule has 0 bridgehead atoms. The zero-order chi connectivity index (χ0) is 10.8. The van der Waals surface area contributed by atoms with Crippen molar-refractivity contribution < 1.29 is 4.79 Å². The second-order valence-electron chi connectivity index (χ2n) is 3.79. The van der Waals surface area contributed by atoms with Crippen molar-refractivity contribution in [2.24, 2.45) is 0 Å². The summed E-state index contributed by atoms with van der Waals surface area (Å²) in [7, 11) is 1.94. The van der Waals surface area contributed by atoms with E-state index in [0.717, 1.165) is 30.1 Å². The van der Waals surface area contributed by atoms with Gasteiger partial charge in [0.2, 0.25) is 0 Å². The average molecular weight is 225 g/mol. The van der Waals surface area contributed by atoms with Gasteiger partial charge in [-0.15, -0.1) is 11.3 Å². The molecule has 4 nitrogen and oxygen atoms in total. The Hall–Kier alpha value is -0.940. The van der Waals surface area contributed by atoms with Crippen LogP contribution < -0.4 is 5.32 Å². The summed E-state index contributed by atoms with van der Waals surface area (Å²) in [5.74, 6) is 0.132. The Kier molecular flexibility index (Phi) is 3.02. The van der Waals surface area contributed by atoms with Crippen molar-refractivity contribution in [1.29, 1.82) is 0 Å². The van der Waals surface area contributed by atoms with Crippen molar-refractivity contribution >= 4 is 17.2 Å². The van der Waals surface area contributed by atoms with Crippen LogP contribution in [0.2, 0.25) is 0 Å². The molecule has 0 spiro atoms. The fraction of sp³-hybridized carbons (Fsp3) is 0.600. The summed E-state index contributed by atoms with van der Waals surface area (Å²) in [4.78, 5) is 18.9. The summed E-state index contributed by atoms with van der Waals surface area (Å²) >= 11 is 1.43. The molecule has 1 aromatic rings. The van der Waals surface area contributed by atoms with Gasteiger partial charge in [-0.25, -0.2) is 4.98 Å². The van der Waals surface area contributed by atoms with Gasteiger partial charge >= 0.3 is 0 Å². The van der Waals surface area contributed by atoms with Crippen LogP contribution in [0.4, 0.5) is 0 Å². The first-order valence-electron chi connectivity index (χ1n) is 5.09. The topological polar surface area (TPSA) is 45.2 Å². The lowest BCUT2D eigenvalue weighted by Crippen LogP contribution is -2.33. The highest BCUT2D eigenvalue weighted by molar-refractivity contribution is 7.11. The first kappa shape index (κ1) is 10.6. The molecule has 0 aliphatic carbocycles. The highest BCUT2D eigenvalue weighted by atomic mass is 32.1. The van der Waals surface area contributed by atoms with E-state index in [1.807, 2.05) is 18.9 Å². The molecular formula is C10H15N3OS. The van der Waals surface area contributed by atoms with E-state index in [0.29, 0.717) is 6.04 Å². The molecule has 1 aliphatic rings. The van der Waals surface area contributed by atoms with Gasteiger partial charge in [-0.05, 0) is 20.4 Å². The molecule has 1 saturated heterocycles. The highest BCUT2D eigenvalue weighted by Gasteiger charge is 2.27. The number of likely N-dealkylation sites (N-methyl/N-ethyl adjacent to an activating group) is 1. The monoisotopic (exact) mass is 225 g/mol. The Morgan fingerprint density at radius 3 is 3.07 bits per heavy atom.